The van der Waals surface area contributed by atoms with Gasteiger partial charge in [0.1, 0.15) is 5.75 Å². The predicted molar refractivity (Wildman–Crippen MR) is 89.4 cm³/mol. The van der Waals surface area contributed by atoms with E-state index in [4.69, 9.17) is 16.3 Å². The molecule has 2 aromatic carbocycles. The van der Waals surface area contributed by atoms with Gasteiger partial charge in [-0.1, -0.05) is 35.9 Å². The summed E-state index contributed by atoms with van der Waals surface area (Å²) in [5, 5.41) is 0.700. The van der Waals surface area contributed by atoms with Crippen molar-refractivity contribution in [3.8, 4) is 5.75 Å². The van der Waals surface area contributed by atoms with Crippen molar-refractivity contribution < 1.29 is 9.53 Å². The number of hydrogen-bond acceptors (Lipinski definition) is 2. The normalized spacial score (nSPS) is 10.4. The summed E-state index contributed by atoms with van der Waals surface area (Å²) >= 11 is 5.87. The van der Waals surface area contributed by atoms with Crippen molar-refractivity contribution in [3.05, 3.63) is 64.2 Å². The van der Waals surface area contributed by atoms with Gasteiger partial charge in [0.25, 0.3) is 0 Å². The van der Waals surface area contributed by atoms with Crippen molar-refractivity contribution in [1.82, 2.24) is 4.90 Å². The van der Waals surface area contributed by atoms with E-state index in [0.717, 1.165) is 22.4 Å². The van der Waals surface area contributed by atoms with Gasteiger partial charge in [0.05, 0.1) is 13.5 Å². The van der Waals surface area contributed by atoms with E-state index < -0.39 is 0 Å². The van der Waals surface area contributed by atoms with E-state index in [1.807, 2.05) is 56.4 Å². The number of carbonyl (C=O) groups excluding carboxylic acids is 1. The molecule has 0 heterocycles. The van der Waals surface area contributed by atoms with Crippen LogP contribution < -0.4 is 4.74 Å². The molecule has 0 aromatic heterocycles. The van der Waals surface area contributed by atoms with Crippen LogP contribution in [0.3, 0.4) is 0 Å². The maximum Gasteiger partial charge on any atom is 0.227 e. The molecule has 0 radical (unpaired) electrons. The highest BCUT2D eigenvalue weighted by Crippen LogP contribution is 2.19. The first-order valence-electron chi connectivity index (χ1n) is 7.11. The van der Waals surface area contributed by atoms with E-state index >= 15 is 0 Å². The van der Waals surface area contributed by atoms with Crippen molar-refractivity contribution >= 4 is 17.5 Å². The summed E-state index contributed by atoms with van der Waals surface area (Å²) < 4.78 is 5.23. The lowest BCUT2D eigenvalue weighted by atomic mass is 10.1. The number of ether oxygens (including phenoxy) is 1. The Balaban J connectivity index is 1.99. The Kier molecular flexibility index (Phi) is 5.45. The highest BCUT2D eigenvalue weighted by atomic mass is 35.5. The molecule has 116 valence electrons. The van der Waals surface area contributed by atoms with Crippen LogP contribution in [0.1, 0.15) is 16.7 Å². The fraction of sp³-hybridized carbons (Fsp3) is 0.278. The zero-order chi connectivity index (χ0) is 16.1. The fourth-order valence-corrected chi connectivity index (χ4v) is 2.44. The van der Waals surface area contributed by atoms with Gasteiger partial charge in [0.2, 0.25) is 5.91 Å². The molecule has 0 aliphatic rings. The molecule has 3 nitrogen and oxygen atoms in total. The minimum absolute atomic E-state index is 0.0829. The van der Waals surface area contributed by atoms with Crippen LogP contribution in [0.15, 0.2) is 42.5 Å². The second-order valence-electron chi connectivity index (χ2n) is 5.36. The fourth-order valence-electron chi connectivity index (χ4n) is 2.31. The van der Waals surface area contributed by atoms with E-state index in [-0.39, 0.29) is 5.91 Å². The maximum absolute atomic E-state index is 12.3. The van der Waals surface area contributed by atoms with Gasteiger partial charge < -0.3 is 9.64 Å². The minimum atomic E-state index is 0.0829. The number of benzene rings is 2. The number of halogens is 1. The smallest absolute Gasteiger partial charge is 0.227 e. The molecule has 0 aliphatic heterocycles. The van der Waals surface area contributed by atoms with Crippen LogP contribution in [0.2, 0.25) is 5.02 Å². The average molecular weight is 318 g/mol. The number of amides is 1. The Hall–Kier alpha value is -2.00. The first kappa shape index (κ1) is 16.4. The lowest BCUT2D eigenvalue weighted by molar-refractivity contribution is -0.129. The summed E-state index contributed by atoms with van der Waals surface area (Å²) in [6.07, 6.45) is 0.384. The molecule has 0 atom stereocenters. The molecule has 0 aliphatic carbocycles. The third kappa shape index (κ3) is 4.25. The molecule has 0 unspecified atom stereocenters. The quantitative estimate of drug-likeness (QED) is 0.838. The standard InChI is InChI=1S/C18H20ClNO2/c1-13-10-15(6-9-17(13)22-3)11-18(21)20(2)12-14-4-7-16(19)8-5-14/h4-10H,11-12H2,1-3H3. The molecular formula is C18H20ClNO2. The Morgan fingerprint density at radius 2 is 1.77 bits per heavy atom. The van der Waals surface area contributed by atoms with Crippen LogP contribution in [0.5, 0.6) is 5.75 Å². The van der Waals surface area contributed by atoms with Crippen LogP contribution in [0, 0.1) is 6.92 Å². The van der Waals surface area contributed by atoms with Gasteiger partial charge >= 0.3 is 0 Å². The Morgan fingerprint density at radius 1 is 1.14 bits per heavy atom. The highest BCUT2D eigenvalue weighted by Gasteiger charge is 2.11. The summed E-state index contributed by atoms with van der Waals surface area (Å²) in [6, 6.07) is 13.4. The molecule has 0 saturated carbocycles. The van der Waals surface area contributed by atoms with E-state index in [1.165, 1.54) is 0 Å². The summed E-state index contributed by atoms with van der Waals surface area (Å²) in [7, 11) is 3.46. The zero-order valence-corrected chi connectivity index (χ0v) is 13.9. The van der Waals surface area contributed by atoms with Crippen molar-refractivity contribution in [2.75, 3.05) is 14.2 Å². The van der Waals surface area contributed by atoms with Gasteiger partial charge in [-0.3, -0.25) is 4.79 Å². The summed E-state index contributed by atoms with van der Waals surface area (Å²) in [4.78, 5) is 14.0. The molecule has 0 saturated heterocycles. The average Bonchev–Trinajstić information content (AvgIpc) is 2.49. The minimum Gasteiger partial charge on any atom is -0.496 e. The van der Waals surface area contributed by atoms with Crippen LogP contribution in [0.4, 0.5) is 0 Å². The van der Waals surface area contributed by atoms with Crippen molar-refractivity contribution in [2.24, 2.45) is 0 Å². The number of nitrogens with zero attached hydrogens (tertiary/aromatic N) is 1. The van der Waals surface area contributed by atoms with Gasteiger partial charge in [-0.25, -0.2) is 0 Å². The van der Waals surface area contributed by atoms with Crippen LogP contribution in [-0.4, -0.2) is 25.0 Å². The topological polar surface area (TPSA) is 29.5 Å². The Bertz CT molecular complexity index is 653. The first-order valence-corrected chi connectivity index (χ1v) is 7.49. The van der Waals surface area contributed by atoms with E-state index in [0.29, 0.717) is 18.0 Å². The van der Waals surface area contributed by atoms with Gasteiger partial charge in [-0.2, -0.15) is 0 Å². The molecule has 2 rings (SSSR count). The second-order valence-corrected chi connectivity index (χ2v) is 5.79. The van der Waals surface area contributed by atoms with E-state index in [2.05, 4.69) is 0 Å². The number of aryl methyl sites for hydroxylation is 1. The summed E-state index contributed by atoms with van der Waals surface area (Å²) in [6.45, 7) is 2.55. The van der Waals surface area contributed by atoms with Crippen LogP contribution >= 0.6 is 11.6 Å². The number of likely N-dealkylation sites (N-methyl/N-ethyl adjacent to an activating group) is 1. The molecule has 2 aromatic rings. The Morgan fingerprint density at radius 3 is 2.36 bits per heavy atom. The van der Waals surface area contributed by atoms with Gasteiger partial charge in [-0.05, 0) is 41.8 Å². The molecule has 22 heavy (non-hydrogen) atoms. The van der Waals surface area contributed by atoms with Crippen LogP contribution in [0.25, 0.3) is 0 Å². The first-order chi connectivity index (χ1) is 10.5. The SMILES string of the molecule is COc1ccc(CC(=O)N(C)Cc2ccc(Cl)cc2)cc1C. The predicted octanol–water partition coefficient (Wildman–Crippen LogP) is 3.86. The van der Waals surface area contributed by atoms with E-state index in [1.54, 1.807) is 12.0 Å². The lowest BCUT2D eigenvalue weighted by Crippen LogP contribution is -2.27. The monoisotopic (exact) mass is 317 g/mol. The molecule has 0 bridgehead atoms. The number of hydrogen-bond donors (Lipinski definition) is 0. The number of methoxy groups -OCH3 is 1. The van der Waals surface area contributed by atoms with E-state index in [9.17, 15) is 4.79 Å². The number of carbonyl (C=O) groups is 1. The summed E-state index contributed by atoms with van der Waals surface area (Å²) in [5.74, 6) is 0.922. The van der Waals surface area contributed by atoms with Gasteiger partial charge in [0.15, 0.2) is 0 Å². The molecule has 0 spiro atoms. The van der Waals surface area contributed by atoms with Gasteiger partial charge in [-0.15, -0.1) is 0 Å². The molecule has 1 amide bonds. The van der Waals surface area contributed by atoms with Crippen molar-refractivity contribution in [3.63, 3.8) is 0 Å². The maximum atomic E-state index is 12.3. The third-order valence-corrected chi connectivity index (χ3v) is 3.83. The van der Waals surface area contributed by atoms with Crippen molar-refractivity contribution in [2.45, 2.75) is 19.9 Å². The van der Waals surface area contributed by atoms with Crippen molar-refractivity contribution in [1.29, 1.82) is 0 Å². The third-order valence-electron chi connectivity index (χ3n) is 3.57. The largest absolute Gasteiger partial charge is 0.496 e. The highest BCUT2D eigenvalue weighted by molar-refractivity contribution is 6.30. The molecule has 0 N–H and O–H groups in total. The molecule has 0 fully saturated rings. The number of rotatable bonds is 5. The lowest BCUT2D eigenvalue weighted by Gasteiger charge is -2.18. The Labute approximate surface area is 136 Å². The zero-order valence-electron chi connectivity index (χ0n) is 13.1. The van der Waals surface area contributed by atoms with Crippen LogP contribution in [-0.2, 0) is 17.8 Å². The second kappa shape index (κ2) is 7.32. The van der Waals surface area contributed by atoms with Gasteiger partial charge in [0, 0.05) is 18.6 Å². The summed E-state index contributed by atoms with van der Waals surface area (Å²) in [5.41, 5.74) is 3.09. The molecule has 4 heteroatoms. The molecular weight excluding hydrogens is 298 g/mol.